The predicted octanol–water partition coefficient (Wildman–Crippen LogP) is 2.81. The third kappa shape index (κ3) is 1.34. The van der Waals surface area contributed by atoms with Crippen molar-refractivity contribution in [3.8, 4) is 11.1 Å². The van der Waals surface area contributed by atoms with Gasteiger partial charge in [0.15, 0.2) is 0 Å². The number of hydrogen-bond acceptors (Lipinski definition) is 2. The molecule has 0 bridgehead atoms. The van der Waals surface area contributed by atoms with Crippen LogP contribution in [-0.2, 0) is 0 Å². The van der Waals surface area contributed by atoms with Crippen molar-refractivity contribution in [1.29, 1.82) is 0 Å². The Balaban J connectivity index is 2.22. The lowest BCUT2D eigenvalue weighted by molar-refractivity contribution is 1.34. The number of fused-ring (bicyclic) bond motifs is 1. The van der Waals surface area contributed by atoms with Gasteiger partial charge in [0.05, 0.1) is 0 Å². The third-order valence-corrected chi connectivity index (χ3v) is 2.70. The van der Waals surface area contributed by atoms with Crippen LogP contribution in [0, 0.1) is 0 Å². The van der Waals surface area contributed by atoms with Crippen LogP contribution in [0.5, 0.6) is 0 Å². The molecule has 2 aromatic heterocycles. The number of hydrogen-bond donors (Lipinski definition) is 2. The fourth-order valence-electron chi connectivity index (χ4n) is 1.88. The Morgan fingerprint density at radius 1 is 1.12 bits per heavy atom. The number of pyridine rings is 1. The van der Waals surface area contributed by atoms with Gasteiger partial charge in [-0.3, -0.25) is 0 Å². The van der Waals surface area contributed by atoms with Crippen LogP contribution in [0.4, 0.5) is 5.82 Å². The summed E-state index contributed by atoms with van der Waals surface area (Å²) in [5.41, 5.74) is 9.06. The van der Waals surface area contributed by atoms with Crippen LogP contribution in [0.25, 0.3) is 22.0 Å². The Labute approximate surface area is 92.9 Å². The van der Waals surface area contributed by atoms with Crippen LogP contribution in [0.3, 0.4) is 0 Å². The molecule has 0 unspecified atom stereocenters. The number of aromatic nitrogens is 2. The van der Waals surface area contributed by atoms with Crippen molar-refractivity contribution in [2.24, 2.45) is 0 Å². The number of benzene rings is 1. The number of nitrogen functional groups attached to an aromatic ring is 1. The summed E-state index contributed by atoms with van der Waals surface area (Å²) < 4.78 is 0. The first-order valence-electron chi connectivity index (χ1n) is 5.12. The van der Waals surface area contributed by atoms with E-state index in [4.69, 9.17) is 5.73 Å². The highest BCUT2D eigenvalue weighted by Crippen LogP contribution is 2.26. The normalized spacial score (nSPS) is 10.8. The minimum Gasteiger partial charge on any atom is -0.383 e. The second-order valence-electron chi connectivity index (χ2n) is 3.72. The smallest absolute Gasteiger partial charge is 0.131 e. The van der Waals surface area contributed by atoms with Crippen molar-refractivity contribution < 1.29 is 0 Å². The molecule has 2 heterocycles. The molecule has 3 N–H and O–H groups in total. The van der Waals surface area contributed by atoms with Crippen LogP contribution in [0.15, 0.2) is 48.8 Å². The molecule has 3 rings (SSSR count). The first-order valence-corrected chi connectivity index (χ1v) is 5.12. The Hall–Kier alpha value is -2.29. The zero-order valence-electron chi connectivity index (χ0n) is 8.64. The van der Waals surface area contributed by atoms with Crippen LogP contribution < -0.4 is 5.73 Å². The lowest BCUT2D eigenvalue weighted by atomic mass is 10.1. The summed E-state index contributed by atoms with van der Waals surface area (Å²) in [4.78, 5) is 7.26. The molecule has 0 saturated carbocycles. The van der Waals surface area contributed by atoms with E-state index >= 15 is 0 Å². The number of nitrogens with two attached hydrogens (primary N) is 1. The molecule has 0 atom stereocenters. The fraction of sp³-hybridized carbons (Fsp3) is 0. The van der Waals surface area contributed by atoms with Crippen molar-refractivity contribution in [1.82, 2.24) is 9.97 Å². The highest BCUT2D eigenvalue weighted by atomic mass is 14.8. The molecule has 78 valence electrons. The van der Waals surface area contributed by atoms with Gasteiger partial charge in [0.1, 0.15) is 5.82 Å². The minimum atomic E-state index is 0.567. The molecule has 0 amide bonds. The van der Waals surface area contributed by atoms with E-state index in [2.05, 4.69) is 22.1 Å². The molecule has 1 aromatic carbocycles. The average Bonchev–Trinajstić information content (AvgIpc) is 2.76. The summed E-state index contributed by atoms with van der Waals surface area (Å²) in [5, 5.41) is 1.18. The number of rotatable bonds is 1. The number of H-pyrrole nitrogens is 1. The molecule has 0 aliphatic heterocycles. The first kappa shape index (κ1) is 8.97. The van der Waals surface area contributed by atoms with Crippen molar-refractivity contribution in [2.75, 3.05) is 5.73 Å². The van der Waals surface area contributed by atoms with E-state index in [1.165, 1.54) is 5.39 Å². The molecule has 3 heteroatoms. The number of nitrogens with zero attached hydrogens (tertiary/aromatic N) is 1. The quantitative estimate of drug-likeness (QED) is 0.647. The van der Waals surface area contributed by atoms with Gasteiger partial charge in [0, 0.05) is 23.5 Å². The summed E-state index contributed by atoms with van der Waals surface area (Å²) >= 11 is 0. The topological polar surface area (TPSA) is 54.7 Å². The first-order chi connectivity index (χ1) is 7.84. The van der Waals surface area contributed by atoms with Gasteiger partial charge in [-0.05, 0) is 41.3 Å². The minimum absolute atomic E-state index is 0.567. The molecule has 0 fully saturated rings. The second-order valence-corrected chi connectivity index (χ2v) is 3.72. The zero-order valence-corrected chi connectivity index (χ0v) is 8.64. The van der Waals surface area contributed by atoms with E-state index in [9.17, 15) is 0 Å². The summed E-state index contributed by atoms with van der Waals surface area (Å²) in [6.07, 6.45) is 3.63. The lowest BCUT2D eigenvalue weighted by Gasteiger charge is -2.04. The molecular formula is C13H11N3. The molecule has 0 aliphatic rings. The maximum absolute atomic E-state index is 5.85. The van der Waals surface area contributed by atoms with Gasteiger partial charge in [-0.1, -0.05) is 6.07 Å². The standard InChI is InChI=1S/C13H11N3/c14-13-11(2-1-6-16-13)9-3-4-12-10(8-9)5-7-15-12/h1-8,15H,(H2,14,16). The van der Waals surface area contributed by atoms with E-state index in [-0.39, 0.29) is 0 Å². The second kappa shape index (κ2) is 3.38. The van der Waals surface area contributed by atoms with Gasteiger partial charge in [-0.15, -0.1) is 0 Å². The summed E-state index contributed by atoms with van der Waals surface area (Å²) in [6.45, 7) is 0. The highest BCUT2D eigenvalue weighted by molar-refractivity contribution is 5.86. The Kier molecular flexibility index (Phi) is 1.90. The van der Waals surface area contributed by atoms with E-state index in [0.717, 1.165) is 16.6 Å². The maximum atomic E-state index is 5.85. The molecular weight excluding hydrogens is 198 g/mol. The largest absolute Gasteiger partial charge is 0.383 e. The van der Waals surface area contributed by atoms with E-state index in [1.807, 2.05) is 30.5 Å². The predicted molar refractivity (Wildman–Crippen MR) is 65.9 cm³/mol. The van der Waals surface area contributed by atoms with E-state index in [0.29, 0.717) is 5.82 Å². The van der Waals surface area contributed by atoms with Gasteiger partial charge in [-0.25, -0.2) is 4.98 Å². The molecule has 3 nitrogen and oxygen atoms in total. The van der Waals surface area contributed by atoms with Crippen molar-refractivity contribution in [2.45, 2.75) is 0 Å². The molecule has 0 saturated heterocycles. The fourth-order valence-corrected chi connectivity index (χ4v) is 1.88. The van der Waals surface area contributed by atoms with Gasteiger partial charge < -0.3 is 10.7 Å². The van der Waals surface area contributed by atoms with Crippen LogP contribution in [0.2, 0.25) is 0 Å². The van der Waals surface area contributed by atoms with Gasteiger partial charge in [0.2, 0.25) is 0 Å². The van der Waals surface area contributed by atoms with Gasteiger partial charge in [-0.2, -0.15) is 0 Å². The van der Waals surface area contributed by atoms with E-state index < -0.39 is 0 Å². The van der Waals surface area contributed by atoms with Crippen molar-refractivity contribution in [3.05, 3.63) is 48.8 Å². The third-order valence-electron chi connectivity index (χ3n) is 2.70. The van der Waals surface area contributed by atoms with Crippen LogP contribution in [0.1, 0.15) is 0 Å². The molecule has 0 aliphatic carbocycles. The van der Waals surface area contributed by atoms with Crippen molar-refractivity contribution in [3.63, 3.8) is 0 Å². The Morgan fingerprint density at radius 3 is 2.94 bits per heavy atom. The molecule has 16 heavy (non-hydrogen) atoms. The zero-order chi connectivity index (χ0) is 11.0. The Bertz CT molecular complexity index is 640. The Morgan fingerprint density at radius 2 is 2.06 bits per heavy atom. The summed E-state index contributed by atoms with van der Waals surface area (Å²) in [6, 6.07) is 12.1. The van der Waals surface area contributed by atoms with Gasteiger partial charge in [0.25, 0.3) is 0 Å². The van der Waals surface area contributed by atoms with E-state index in [1.54, 1.807) is 6.20 Å². The molecule has 0 spiro atoms. The molecule has 3 aromatic rings. The highest BCUT2D eigenvalue weighted by Gasteiger charge is 2.03. The monoisotopic (exact) mass is 209 g/mol. The number of nitrogens with one attached hydrogen (secondary N) is 1. The van der Waals surface area contributed by atoms with Crippen molar-refractivity contribution >= 4 is 16.7 Å². The average molecular weight is 209 g/mol. The summed E-state index contributed by atoms with van der Waals surface area (Å²) in [7, 11) is 0. The number of anilines is 1. The summed E-state index contributed by atoms with van der Waals surface area (Å²) in [5.74, 6) is 0.567. The van der Waals surface area contributed by atoms with Gasteiger partial charge >= 0.3 is 0 Å². The van der Waals surface area contributed by atoms with Crippen LogP contribution >= 0.6 is 0 Å². The maximum Gasteiger partial charge on any atom is 0.131 e. The van der Waals surface area contributed by atoms with Crippen LogP contribution in [-0.4, -0.2) is 9.97 Å². The SMILES string of the molecule is Nc1ncccc1-c1ccc2[nH]ccc2c1. The molecule has 0 radical (unpaired) electrons. The number of aromatic amines is 1. The lowest BCUT2D eigenvalue weighted by Crippen LogP contribution is -1.92.